The Balaban J connectivity index is 1.90. The largest absolute Gasteiger partial charge is 0.507 e. The standard InChI is InChI=1S/C23H34N2O2/c1-4-6-14-25(3,15-7-5-2)16-10-13-24-23(27)21-17-19-11-8-9-12-20(19)18-22(21)26/h8-9,11-12,17-18H,4-7,10,13-16H2,1-3H3,(H-,24,26,27)/p+1. The van der Waals surface area contributed by atoms with Gasteiger partial charge in [0, 0.05) is 13.0 Å². The number of fused-ring (bicyclic) bond motifs is 1. The van der Waals surface area contributed by atoms with Crippen LogP contribution in [0.4, 0.5) is 0 Å². The van der Waals surface area contributed by atoms with Crippen molar-refractivity contribution in [1.29, 1.82) is 0 Å². The fraction of sp³-hybridized carbons (Fsp3) is 0.522. The number of rotatable bonds is 11. The summed E-state index contributed by atoms with van der Waals surface area (Å²) in [5.74, 6) is -0.160. The molecule has 2 aromatic rings. The van der Waals surface area contributed by atoms with E-state index in [1.165, 1.54) is 38.8 Å². The molecule has 0 aliphatic rings. The Morgan fingerprint density at radius 3 is 2.11 bits per heavy atom. The first-order chi connectivity index (χ1) is 13.0. The Morgan fingerprint density at radius 1 is 0.963 bits per heavy atom. The Morgan fingerprint density at radius 2 is 1.52 bits per heavy atom. The van der Waals surface area contributed by atoms with Gasteiger partial charge in [0.2, 0.25) is 0 Å². The van der Waals surface area contributed by atoms with Gasteiger partial charge < -0.3 is 14.9 Å². The molecule has 0 unspecified atom stereocenters. The maximum absolute atomic E-state index is 12.5. The molecule has 0 bridgehead atoms. The number of carbonyl (C=O) groups excluding carboxylic acids is 1. The lowest BCUT2D eigenvalue weighted by molar-refractivity contribution is -0.910. The second-order valence-corrected chi connectivity index (χ2v) is 7.82. The Hall–Kier alpha value is -2.07. The maximum Gasteiger partial charge on any atom is 0.255 e. The van der Waals surface area contributed by atoms with Crippen molar-refractivity contribution in [2.45, 2.75) is 46.0 Å². The van der Waals surface area contributed by atoms with E-state index in [1.807, 2.05) is 24.3 Å². The van der Waals surface area contributed by atoms with Crippen LogP contribution in [0.2, 0.25) is 0 Å². The van der Waals surface area contributed by atoms with E-state index in [0.29, 0.717) is 12.1 Å². The molecule has 4 heteroatoms. The second-order valence-electron chi connectivity index (χ2n) is 7.82. The van der Waals surface area contributed by atoms with Crippen molar-refractivity contribution < 1.29 is 14.4 Å². The predicted molar refractivity (Wildman–Crippen MR) is 113 cm³/mol. The van der Waals surface area contributed by atoms with E-state index in [4.69, 9.17) is 0 Å². The van der Waals surface area contributed by atoms with Crippen LogP contribution in [0.5, 0.6) is 5.75 Å². The lowest BCUT2D eigenvalue weighted by Gasteiger charge is -2.35. The molecule has 27 heavy (non-hydrogen) atoms. The van der Waals surface area contributed by atoms with Crippen LogP contribution >= 0.6 is 0 Å². The van der Waals surface area contributed by atoms with Gasteiger partial charge in [-0.25, -0.2) is 0 Å². The fourth-order valence-electron chi connectivity index (χ4n) is 3.58. The average molecular weight is 372 g/mol. The summed E-state index contributed by atoms with van der Waals surface area (Å²) in [6.45, 7) is 8.59. The van der Waals surface area contributed by atoms with Crippen LogP contribution in [-0.2, 0) is 0 Å². The minimum absolute atomic E-state index is 0.0395. The first kappa shape index (κ1) is 21.2. The molecule has 0 saturated heterocycles. The summed E-state index contributed by atoms with van der Waals surface area (Å²) in [5, 5.41) is 15.1. The van der Waals surface area contributed by atoms with E-state index >= 15 is 0 Å². The van der Waals surface area contributed by atoms with Crippen molar-refractivity contribution in [1.82, 2.24) is 5.32 Å². The molecule has 0 spiro atoms. The molecule has 4 nitrogen and oxygen atoms in total. The van der Waals surface area contributed by atoms with E-state index in [9.17, 15) is 9.90 Å². The molecule has 148 valence electrons. The van der Waals surface area contributed by atoms with Gasteiger partial charge in [0.05, 0.1) is 32.2 Å². The highest BCUT2D eigenvalue weighted by Gasteiger charge is 2.20. The zero-order valence-electron chi connectivity index (χ0n) is 17.1. The lowest BCUT2D eigenvalue weighted by Crippen LogP contribution is -2.47. The first-order valence-corrected chi connectivity index (χ1v) is 10.3. The third kappa shape index (κ3) is 6.24. The lowest BCUT2D eigenvalue weighted by atomic mass is 10.1. The van der Waals surface area contributed by atoms with Gasteiger partial charge in [0.15, 0.2) is 0 Å². The van der Waals surface area contributed by atoms with Crippen molar-refractivity contribution in [3.63, 3.8) is 0 Å². The second kappa shape index (κ2) is 10.3. The maximum atomic E-state index is 12.5. The van der Waals surface area contributed by atoms with Crippen molar-refractivity contribution in [3.05, 3.63) is 42.0 Å². The molecule has 2 N–H and O–H groups in total. The van der Waals surface area contributed by atoms with Crippen molar-refractivity contribution in [2.24, 2.45) is 0 Å². The molecular weight excluding hydrogens is 336 g/mol. The zero-order chi connectivity index (χ0) is 19.7. The highest BCUT2D eigenvalue weighted by Crippen LogP contribution is 2.24. The summed E-state index contributed by atoms with van der Waals surface area (Å²) < 4.78 is 1.08. The van der Waals surface area contributed by atoms with Crippen LogP contribution in [0, 0.1) is 0 Å². The Kier molecular flexibility index (Phi) is 8.11. The smallest absolute Gasteiger partial charge is 0.255 e. The molecule has 0 aliphatic heterocycles. The van der Waals surface area contributed by atoms with E-state index in [0.717, 1.165) is 28.2 Å². The third-order valence-corrected chi connectivity index (χ3v) is 5.37. The predicted octanol–water partition coefficient (Wildman–Crippen LogP) is 4.71. The molecular formula is C23H35N2O2+. The number of hydrogen-bond donors (Lipinski definition) is 2. The number of phenols is 1. The normalized spacial score (nSPS) is 11.7. The highest BCUT2D eigenvalue weighted by molar-refractivity contribution is 6.01. The zero-order valence-corrected chi connectivity index (χ0v) is 17.1. The van der Waals surface area contributed by atoms with E-state index in [2.05, 4.69) is 26.2 Å². The number of nitrogens with zero attached hydrogens (tertiary/aromatic N) is 1. The number of unbranched alkanes of at least 4 members (excludes halogenated alkanes) is 2. The summed E-state index contributed by atoms with van der Waals surface area (Å²) >= 11 is 0. The summed E-state index contributed by atoms with van der Waals surface area (Å²) in [5.41, 5.74) is 0.350. The van der Waals surface area contributed by atoms with Crippen molar-refractivity contribution >= 4 is 16.7 Å². The van der Waals surface area contributed by atoms with E-state index in [1.54, 1.807) is 12.1 Å². The van der Waals surface area contributed by atoms with Gasteiger partial charge in [-0.2, -0.15) is 0 Å². The van der Waals surface area contributed by atoms with E-state index < -0.39 is 0 Å². The highest BCUT2D eigenvalue weighted by atomic mass is 16.3. The number of carbonyl (C=O) groups is 1. The summed E-state index contributed by atoms with van der Waals surface area (Å²) in [7, 11) is 2.34. The fourth-order valence-corrected chi connectivity index (χ4v) is 3.58. The molecule has 2 rings (SSSR count). The van der Waals surface area contributed by atoms with Gasteiger partial charge in [0.25, 0.3) is 5.91 Å². The number of nitrogens with one attached hydrogen (secondary N) is 1. The molecule has 0 heterocycles. The van der Waals surface area contributed by atoms with Crippen molar-refractivity contribution in [3.8, 4) is 5.75 Å². The molecule has 0 radical (unpaired) electrons. The quantitative estimate of drug-likeness (QED) is 0.444. The van der Waals surface area contributed by atoms with Crippen LogP contribution < -0.4 is 5.32 Å². The average Bonchev–Trinajstić information content (AvgIpc) is 2.67. The number of phenolic OH excluding ortho intramolecular Hbond substituents is 1. The number of aromatic hydroxyl groups is 1. The van der Waals surface area contributed by atoms with E-state index in [-0.39, 0.29) is 11.7 Å². The monoisotopic (exact) mass is 371 g/mol. The topological polar surface area (TPSA) is 49.3 Å². The molecule has 2 aromatic carbocycles. The van der Waals surface area contributed by atoms with Crippen LogP contribution in [0.15, 0.2) is 36.4 Å². The number of benzene rings is 2. The van der Waals surface area contributed by atoms with Gasteiger partial charge in [-0.05, 0) is 35.7 Å². The van der Waals surface area contributed by atoms with Crippen LogP contribution in [0.3, 0.4) is 0 Å². The molecule has 0 atom stereocenters. The Labute approximate surface area is 163 Å². The van der Waals surface area contributed by atoms with Gasteiger partial charge in [-0.3, -0.25) is 4.79 Å². The van der Waals surface area contributed by atoms with Gasteiger partial charge in [-0.15, -0.1) is 0 Å². The molecule has 0 aromatic heterocycles. The van der Waals surface area contributed by atoms with Crippen molar-refractivity contribution in [2.75, 3.05) is 33.2 Å². The number of hydrogen-bond acceptors (Lipinski definition) is 2. The first-order valence-electron chi connectivity index (χ1n) is 10.3. The minimum atomic E-state index is -0.199. The summed E-state index contributed by atoms with van der Waals surface area (Å²) in [6.07, 6.45) is 5.88. The molecule has 1 amide bonds. The number of amides is 1. The SMILES string of the molecule is CCCC[N+](C)(CCCC)CCCNC(=O)c1cc2ccccc2cc1O. The van der Waals surface area contributed by atoms with Crippen LogP contribution in [-0.4, -0.2) is 48.7 Å². The van der Waals surface area contributed by atoms with Gasteiger partial charge in [0.1, 0.15) is 5.75 Å². The number of quaternary nitrogens is 1. The van der Waals surface area contributed by atoms with Gasteiger partial charge >= 0.3 is 0 Å². The summed E-state index contributed by atoms with van der Waals surface area (Å²) in [6, 6.07) is 11.2. The molecule has 0 saturated carbocycles. The van der Waals surface area contributed by atoms with Gasteiger partial charge in [-0.1, -0.05) is 51.0 Å². The third-order valence-electron chi connectivity index (χ3n) is 5.37. The molecule has 0 aliphatic carbocycles. The Bertz CT molecular complexity index is 734. The summed E-state index contributed by atoms with van der Waals surface area (Å²) in [4.78, 5) is 12.5. The van der Waals surface area contributed by atoms with Crippen LogP contribution in [0.25, 0.3) is 10.8 Å². The molecule has 0 fully saturated rings. The minimum Gasteiger partial charge on any atom is -0.507 e. The van der Waals surface area contributed by atoms with Crippen LogP contribution in [0.1, 0.15) is 56.3 Å².